The fourth-order valence-electron chi connectivity index (χ4n) is 1.56. The number of carbonyl (C=O) groups excluding carboxylic acids is 1. The second-order valence-corrected chi connectivity index (χ2v) is 4.71. The SMILES string of the molecule is CC(C(=O)O)n1cc(C(=O)Nc2ccc(F)c(Cl)c2)cn1. The Hall–Kier alpha value is -2.41. The number of anilines is 1. The van der Waals surface area contributed by atoms with Gasteiger partial charge < -0.3 is 10.4 Å². The minimum absolute atomic E-state index is 0.108. The Labute approximate surface area is 124 Å². The molecule has 2 aromatic rings. The molecule has 0 spiro atoms. The molecule has 0 aliphatic rings. The third-order valence-electron chi connectivity index (χ3n) is 2.80. The fourth-order valence-corrected chi connectivity index (χ4v) is 1.74. The molecule has 0 aliphatic carbocycles. The maximum atomic E-state index is 13.0. The molecule has 1 aromatic carbocycles. The van der Waals surface area contributed by atoms with E-state index in [-0.39, 0.29) is 10.6 Å². The van der Waals surface area contributed by atoms with Crippen LogP contribution in [-0.4, -0.2) is 26.8 Å². The van der Waals surface area contributed by atoms with E-state index in [2.05, 4.69) is 10.4 Å². The first-order valence-corrected chi connectivity index (χ1v) is 6.29. The molecule has 21 heavy (non-hydrogen) atoms. The van der Waals surface area contributed by atoms with Gasteiger partial charge in [0.15, 0.2) is 0 Å². The highest BCUT2D eigenvalue weighted by Gasteiger charge is 2.16. The number of halogens is 2. The molecule has 2 rings (SSSR count). The summed E-state index contributed by atoms with van der Waals surface area (Å²) in [6.07, 6.45) is 2.57. The lowest BCUT2D eigenvalue weighted by Crippen LogP contribution is -2.16. The largest absolute Gasteiger partial charge is 0.480 e. The number of hydrogen-bond acceptors (Lipinski definition) is 3. The van der Waals surface area contributed by atoms with Gasteiger partial charge in [0, 0.05) is 11.9 Å². The lowest BCUT2D eigenvalue weighted by molar-refractivity contribution is -0.140. The van der Waals surface area contributed by atoms with Crippen molar-refractivity contribution in [3.63, 3.8) is 0 Å². The van der Waals surface area contributed by atoms with E-state index in [1.807, 2.05) is 0 Å². The van der Waals surface area contributed by atoms with E-state index >= 15 is 0 Å². The van der Waals surface area contributed by atoms with Crippen molar-refractivity contribution < 1.29 is 19.1 Å². The van der Waals surface area contributed by atoms with Crippen molar-refractivity contribution in [3.05, 3.63) is 47.0 Å². The molecular weight excluding hydrogens is 301 g/mol. The van der Waals surface area contributed by atoms with E-state index in [1.165, 1.54) is 31.5 Å². The van der Waals surface area contributed by atoms with Crippen LogP contribution < -0.4 is 5.32 Å². The second-order valence-electron chi connectivity index (χ2n) is 4.31. The van der Waals surface area contributed by atoms with Crippen LogP contribution in [0.1, 0.15) is 23.3 Å². The topological polar surface area (TPSA) is 84.2 Å². The lowest BCUT2D eigenvalue weighted by Gasteiger charge is -2.06. The molecule has 0 saturated carbocycles. The van der Waals surface area contributed by atoms with Gasteiger partial charge in [-0.05, 0) is 25.1 Å². The number of amides is 1. The number of carboxylic acid groups (broad SMARTS) is 1. The van der Waals surface area contributed by atoms with E-state index in [0.29, 0.717) is 5.69 Å². The molecule has 0 aliphatic heterocycles. The zero-order valence-corrected chi connectivity index (χ0v) is 11.6. The zero-order valence-electron chi connectivity index (χ0n) is 10.9. The van der Waals surface area contributed by atoms with Gasteiger partial charge in [0.1, 0.15) is 11.9 Å². The molecule has 0 radical (unpaired) electrons. The summed E-state index contributed by atoms with van der Waals surface area (Å²) in [6, 6.07) is 2.89. The molecule has 1 atom stereocenters. The third-order valence-corrected chi connectivity index (χ3v) is 3.09. The molecule has 110 valence electrons. The highest BCUT2D eigenvalue weighted by molar-refractivity contribution is 6.31. The summed E-state index contributed by atoms with van der Waals surface area (Å²) in [7, 11) is 0. The van der Waals surface area contributed by atoms with Gasteiger partial charge in [0.05, 0.1) is 16.8 Å². The number of carboxylic acids is 1. The van der Waals surface area contributed by atoms with Crippen molar-refractivity contribution in [2.24, 2.45) is 0 Å². The predicted octanol–water partition coefficient (Wildman–Crippen LogP) is 2.57. The average molecular weight is 312 g/mol. The van der Waals surface area contributed by atoms with Crippen molar-refractivity contribution in [3.8, 4) is 0 Å². The summed E-state index contributed by atoms with van der Waals surface area (Å²) in [4.78, 5) is 22.8. The summed E-state index contributed by atoms with van der Waals surface area (Å²) in [5.41, 5.74) is 0.508. The highest BCUT2D eigenvalue weighted by atomic mass is 35.5. The number of carbonyl (C=O) groups is 2. The molecule has 1 amide bonds. The van der Waals surface area contributed by atoms with Gasteiger partial charge >= 0.3 is 5.97 Å². The standard InChI is InChI=1S/C13H11ClFN3O3/c1-7(13(20)21)18-6-8(5-16-18)12(19)17-9-2-3-11(15)10(14)4-9/h2-7H,1H3,(H,17,19)(H,20,21). The summed E-state index contributed by atoms with van der Waals surface area (Å²) < 4.78 is 14.2. The van der Waals surface area contributed by atoms with Crippen LogP contribution in [0.4, 0.5) is 10.1 Å². The number of benzene rings is 1. The van der Waals surface area contributed by atoms with E-state index in [4.69, 9.17) is 16.7 Å². The van der Waals surface area contributed by atoms with Gasteiger partial charge in [-0.3, -0.25) is 9.48 Å². The number of hydrogen-bond donors (Lipinski definition) is 2. The first-order valence-electron chi connectivity index (χ1n) is 5.92. The monoisotopic (exact) mass is 311 g/mol. The minimum Gasteiger partial charge on any atom is -0.480 e. The first-order chi connectivity index (χ1) is 9.88. The Bertz CT molecular complexity index is 702. The Balaban J connectivity index is 2.13. The molecule has 0 saturated heterocycles. The molecule has 8 heteroatoms. The molecular formula is C13H11ClFN3O3. The Morgan fingerprint density at radius 1 is 1.48 bits per heavy atom. The zero-order chi connectivity index (χ0) is 15.6. The van der Waals surface area contributed by atoms with Crippen LogP contribution in [0, 0.1) is 5.82 Å². The normalized spacial score (nSPS) is 12.0. The van der Waals surface area contributed by atoms with Crippen molar-refractivity contribution in [2.75, 3.05) is 5.32 Å². The smallest absolute Gasteiger partial charge is 0.328 e. The van der Waals surface area contributed by atoms with Gasteiger partial charge in [-0.25, -0.2) is 9.18 Å². The quantitative estimate of drug-likeness (QED) is 0.909. The molecule has 1 heterocycles. The highest BCUT2D eigenvalue weighted by Crippen LogP contribution is 2.20. The van der Waals surface area contributed by atoms with E-state index in [0.717, 1.165) is 10.7 Å². The van der Waals surface area contributed by atoms with E-state index < -0.39 is 23.7 Å². The van der Waals surface area contributed by atoms with Gasteiger partial charge in [0.25, 0.3) is 5.91 Å². The summed E-state index contributed by atoms with van der Waals surface area (Å²) in [6.45, 7) is 1.44. The van der Waals surface area contributed by atoms with Crippen LogP contribution in [0.3, 0.4) is 0 Å². The van der Waals surface area contributed by atoms with Gasteiger partial charge in [-0.15, -0.1) is 0 Å². The summed E-state index contributed by atoms with van der Waals surface area (Å²) in [5, 5.41) is 15.1. The number of nitrogens with zero attached hydrogens (tertiary/aromatic N) is 2. The van der Waals surface area contributed by atoms with Crippen molar-refractivity contribution in [2.45, 2.75) is 13.0 Å². The van der Waals surface area contributed by atoms with Crippen LogP contribution in [0.2, 0.25) is 5.02 Å². The molecule has 0 fully saturated rings. The van der Waals surface area contributed by atoms with Gasteiger partial charge in [-0.2, -0.15) is 5.10 Å². The van der Waals surface area contributed by atoms with Crippen molar-refractivity contribution in [1.82, 2.24) is 9.78 Å². The lowest BCUT2D eigenvalue weighted by atomic mass is 10.2. The van der Waals surface area contributed by atoms with E-state index in [9.17, 15) is 14.0 Å². The number of nitrogens with one attached hydrogen (secondary N) is 1. The number of aromatic nitrogens is 2. The third kappa shape index (κ3) is 3.38. The van der Waals surface area contributed by atoms with E-state index in [1.54, 1.807) is 0 Å². The van der Waals surface area contributed by atoms with Crippen LogP contribution in [0.5, 0.6) is 0 Å². The molecule has 6 nitrogen and oxygen atoms in total. The molecule has 0 bridgehead atoms. The first kappa shape index (κ1) is 15.0. The second kappa shape index (κ2) is 5.92. The van der Waals surface area contributed by atoms with Crippen LogP contribution >= 0.6 is 11.6 Å². The maximum Gasteiger partial charge on any atom is 0.328 e. The average Bonchev–Trinajstić information content (AvgIpc) is 2.91. The summed E-state index contributed by atoms with van der Waals surface area (Å²) >= 11 is 5.62. The summed E-state index contributed by atoms with van der Waals surface area (Å²) in [5.74, 6) is -2.14. The molecule has 2 N–H and O–H groups in total. The Kier molecular flexibility index (Phi) is 4.23. The maximum absolute atomic E-state index is 13.0. The van der Waals surface area contributed by atoms with Crippen LogP contribution in [0.15, 0.2) is 30.6 Å². The van der Waals surface area contributed by atoms with Crippen LogP contribution in [0.25, 0.3) is 0 Å². The van der Waals surface area contributed by atoms with Gasteiger partial charge in [0.2, 0.25) is 0 Å². The predicted molar refractivity (Wildman–Crippen MR) is 73.9 cm³/mol. The van der Waals surface area contributed by atoms with Crippen molar-refractivity contribution >= 4 is 29.2 Å². The molecule has 1 unspecified atom stereocenters. The van der Waals surface area contributed by atoms with Crippen LogP contribution in [-0.2, 0) is 4.79 Å². The molecule has 1 aromatic heterocycles. The number of rotatable bonds is 4. The van der Waals surface area contributed by atoms with Gasteiger partial charge in [-0.1, -0.05) is 11.6 Å². The Morgan fingerprint density at radius 2 is 2.19 bits per heavy atom. The fraction of sp³-hybridized carbons (Fsp3) is 0.154. The minimum atomic E-state index is -1.06. The Morgan fingerprint density at radius 3 is 2.81 bits per heavy atom. The van der Waals surface area contributed by atoms with Crippen molar-refractivity contribution in [1.29, 1.82) is 0 Å². The number of aliphatic carboxylic acids is 1.